The van der Waals surface area contributed by atoms with Crippen LogP contribution in [0.5, 0.6) is 0 Å². The van der Waals surface area contributed by atoms with Gasteiger partial charge in [0.1, 0.15) is 10.8 Å². The molecule has 1 heterocycles. The van der Waals surface area contributed by atoms with Gasteiger partial charge in [0.05, 0.1) is 23.4 Å². The van der Waals surface area contributed by atoms with Crippen LogP contribution in [0.2, 0.25) is 5.15 Å². The van der Waals surface area contributed by atoms with Gasteiger partial charge in [-0.25, -0.2) is 4.68 Å². The summed E-state index contributed by atoms with van der Waals surface area (Å²) in [5.74, 6) is 0. The van der Waals surface area contributed by atoms with Crippen molar-refractivity contribution in [2.75, 3.05) is 7.11 Å². The zero-order chi connectivity index (χ0) is 15.6. The monoisotopic (exact) mass is 318 g/mol. The first-order chi connectivity index (χ1) is 9.88. The normalized spacial score (nSPS) is 11.7. The van der Waals surface area contributed by atoms with Gasteiger partial charge in [-0.05, 0) is 18.2 Å². The number of methoxy groups -OCH3 is 1. The average Bonchev–Trinajstić information content (AvgIpc) is 2.75. The molecule has 0 atom stereocenters. The minimum Gasteiger partial charge on any atom is -0.378 e. The van der Waals surface area contributed by atoms with Crippen LogP contribution in [0.15, 0.2) is 24.3 Å². The van der Waals surface area contributed by atoms with Gasteiger partial charge >= 0.3 is 6.18 Å². The largest absolute Gasteiger partial charge is 0.416 e. The molecule has 1 aromatic carbocycles. The number of carbonyl (C=O) groups excluding carboxylic acids is 1. The number of hydrogen-bond acceptors (Lipinski definition) is 3. The van der Waals surface area contributed by atoms with E-state index in [2.05, 4.69) is 5.10 Å². The molecule has 0 unspecified atom stereocenters. The molecule has 0 aliphatic carbocycles. The van der Waals surface area contributed by atoms with E-state index in [9.17, 15) is 18.0 Å². The van der Waals surface area contributed by atoms with E-state index in [0.717, 1.165) is 16.8 Å². The van der Waals surface area contributed by atoms with Crippen molar-refractivity contribution < 1.29 is 22.7 Å². The molecule has 0 fully saturated rings. The maximum absolute atomic E-state index is 12.7. The summed E-state index contributed by atoms with van der Waals surface area (Å²) >= 11 is 6.00. The lowest BCUT2D eigenvalue weighted by atomic mass is 10.2. The van der Waals surface area contributed by atoms with Crippen molar-refractivity contribution >= 4 is 17.9 Å². The summed E-state index contributed by atoms with van der Waals surface area (Å²) < 4.78 is 44.1. The lowest BCUT2D eigenvalue weighted by Gasteiger charge is -2.09. The number of hydrogen-bond donors (Lipinski definition) is 0. The highest BCUT2D eigenvalue weighted by atomic mass is 35.5. The van der Waals surface area contributed by atoms with Gasteiger partial charge in [-0.1, -0.05) is 17.7 Å². The molecular weight excluding hydrogens is 309 g/mol. The van der Waals surface area contributed by atoms with Crippen molar-refractivity contribution in [1.29, 1.82) is 0 Å². The van der Waals surface area contributed by atoms with Crippen molar-refractivity contribution in [2.45, 2.75) is 12.8 Å². The summed E-state index contributed by atoms with van der Waals surface area (Å²) in [4.78, 5) is 11.0. The highest BCUT2D eigenvalue weighted by molar-refractivity contribution is 6.32. The van der Waals surface area contributed by atoms with Gasteiger partial charge in [-0.15, -0.1) is 0 Å². The molecule has 2 aromatic rings. The third-order valence-corrected chi connectivity index (χ3v) is 3.12. The van der Waals surface area contributed by atoms with Gasteiger partial charge in [0.15, 0.2) is 6.29 Å². The Labute approximate surface area is 123 Å². The number of halogens is 4. The van der Waals surface area contributed by atoms with Crippen LogP contribution in [-0.4, -0.2) is 23.2 Å². The zero-order valence-corrected chi connectivity index (χ0v) is 11.6. The average molecular weight is 319 g/mol. The molecule has 0 saturated heterocycles. The van der Waals surface area contributed by atoms with Gasteiger partial charge in [0, 0.05) is 7.11 Å². The minimum absolute atomic E-state index is 0.0275. The summed E-state index contributed by atoms with van der Waals surface area (Å²) in [5, 5.41) is 3.97. The highest BCUT2D eigenvalue weighted by Crippen LogP contribution is 2.31. The smallest absolute Gasteiger partial charge is 0.378 e. The predicted molar refractivity (Wildman–Crippen MR) is 69.7 cm³/mol. The molecule has 112 valence electrons. The summed E-state index contributed by atoms with van der Waals surface area (Å²) in [6, 6.07) is 4.51. The zero-order valence-electron chi connectivity index (χ0n) is 10.8. The maximum atomic E-state index is 12.7. The molecule has 1 aromatic heterocycles. The molecule has 0 radical (unpaired) electrons. The SMILES string of the molecule is COCc1nn(-c2cccc(C(F)(F)F)c2)c(Cl)c1C=O. The molecule has 2 rings (SSSR count). The van der Waals surface area contributed by atoms with Crippen LogP contribution < -0.4 is 0 Å². The quantitative estimate of drug-likeness (QED) is 0.810. The molecule has 4 nitrogen and oxygen atoms in total. The summed E-state index contributed by atoms with van der Waals surface area (Å²) in [7, 11) is 1.41. The van der Waals surface area contributed by atoms with E-state index in [1.54, 1.807) is 0 Å². The number of rotatable bonds is 4. The third kappa shape index (κ3) is 3.08. The fourth-order valence-corrected chi connectivity index (χ4v) is 2.09. The second-order valence-corrected chi connectivity index (χ2v) is 4.52. The van der Waals surface area contributed by atoms with Crippen LogP contribution in [0, 0.1) is 0 Å². The van der Waals surface area contributed by atoms with Gasteiger partial charge in [-0.2, -0.15) is 18.3 Å². The van der Waals surface area contributed by atoms with E-state index in [0.29, 0.717) is 6.29 Å². The van der Waals surface area contributed by atoms with Crippen LogP contribution in [0.1, 0.15) is 21.6 Å². The van der Waals surface area contributed by atoms with Crippen LogP contribution >= 0.6 is 11.6 Å². The molecular formula is C13H10ClF3N2O2. The number of carbonyl (C=O) groups is 1. The predicted octanol–water partition coefficient (Wildman–Crippen LogP) is 3.50. The van der Waals surface area contributed by atoms with Crippen LogP contribution in [0.4, 0.5) is 13.2 Å². The van der Waals surface area contributed by atoms with Crippen molar-refractivity contribution in [3.63, 3.8) is 0 Å². The Bertz CT molecular complexity index is 668. The van der Waals surface area contributed by atoms with Crippen molar-refractivity contribution in [2.24, 2.45) is 0 Å². The summed E-state index contributed by atoms with van der Waals surface area (Å²) in [6.45, 7) is 0.0275. The second kappa shape index (κ2) is 5.87. The number of nitrogens with zero attached hydrogens (tertiary/aromatic N) is 2. The number of aromatic nitrogens is 2. The van der Waals surface area contributed by atoms with E-state index in [1.165, 1.54) is 19.2 Å². The maximum Gasteiger partial charge on any atom is 0.416 e. The van der Waals surface area contributed by atoms with Gasteiger partial charge in [0.2, 0.25) is 0 Å². The van der Waals surface area contributed by atoms with Crippen LogP contribution in [-0.2, 0) is 17.5 Å². The Hall–Kier alpha value is -1.86. The van der Waals surface area contributed by atoms with Crippen molar-refractivity contribution in [1.82, 2.24) is 9.78 Å². The topological polar surface area (TPSA) is 44.1 Å². The minimum atomic E-state index is -4.47. The summed E-state index contributed by atoms with van der Waals surface area (Å²) in [5.41, 5.74) is -0.362. The Balaban J connectivity index is 2.54. The standard InChI is InChI=1S/C13H10ClF3N2O2/c1-21-7-11-10(6-20)12(14)19(18-11)9-4-2-3-8(5-9)13(15,16)17/h2-6H,7H2,1H3. The fraction of sp³-hybridized carbons (Fsp3) is 0.231. The van der Waals surface area contributed by atoms with Crippen molar-refractivity contribution in [3.05, 3.63) is 46.2 Å². The van der Waals surface area contributed by atoms with E-state index < -0.39 is 11.7 Å². The van der Waals surface area contributed by atoms with Gasteiger partial charge in [-0.3, -0.25) is 4.79 Å². The first-order valence-corrected chi connectivity index (χ1v) is 6.15. The van der Waals surface area contributed by atoms with E-state index in [4.69, 9.17) is 16.3 Å². The van der Waals surface area contributed by atoms with Gasteiger partial charge in [0.25, 0.3) is 0 Å². The molecule has 0 N–H and O–H groups in total. The van der Waals surface area contributed by atoms with Gasteiger partial charge < -0.3 is 4.74 Å². The molecule has 0 bridgehead atoms. The van der Waals surface area contributed by atoms with E-state index in [1.807, 2.05) is 0 Å². The number of ether oxygens (including phenoxy) is 1. The molecule has 21 heavy (non-hydrogen) atoms. The lowest BCUT2D eigenvalue weighted by molar-refractivity contribution is -0.137. The molecule has 0 amide bonds. The Morgan fingerprint density at radius 2 is 2.14 bits per heavy atom. The van der Waals surface area contributed by atoms with Crippen molar-refractivity contribution in [3.8, 4) is 5.69 Å². The second-order valence-electron chi connectivity index (χ2n) is 4.16. The molecule has 0 aliphatic heterocycles. The molecule has 8 heteroatoms. The third-order valence-electron chi connectivity index (χ3n) is 2.76. The van der Waals surface area contributed by atoms with Crippen LogP contribution in [0.3, 0.4) is 0 Å². The number of benzene rings is 1. The Morgan fingerprint density at radius 3 is 2.71 bits per heavy atom. The first kappa shape index (κ1) is 15.5. The number of aldehydes is 1. The molecule has 0 spiro atoms. The van der Waals surface area contributed by atoms with E-state index >= 15 is 0 Å². The lowest BCUT2D eigenvalue weighted by Crippen LogP contribution is -2.06. The summed E-state index contributed by atoms with van der Waals surface area (Å²) in [6.07, 6.45) is -3.98. The first-order valence-electron chi connectivity index (χ1n) is 5.77. The van der Waals surface area contributed by atoms with Crippen LogP contribution in [0.25, 0.3) is 5.69 Å². The highest BCUT2D eigenvalue weighted by Gasteiger charge is 2.31. The molecule has 0 aliphatic rings. The van der Waals surface area contributed by atoms with E-state index in [-0.39, 0.29) is 28.7 Å². The molecule has 0 saturated carbocycles. The Morgan fingerprint density at radius 1 is 1.43 bits per heavy atom. The number of alkyl halides is 3. The Kier molecular flexibility index (Phi) is 4.34. The fourth-order valence-electron chi connectivity index (χ4n) is 1.80.